The molecule has 8 heteroatoms. The van der Waals surface area contributed by atoms with Crippen LogP contribution in [0, 0.1) is 0 Å². The Labute approximate surface area is 179 Å². The minimum atomic E-state index is 0.831. The van der Waals surface area contributed by atoms with E-state index in [1.165, 1.54) is 11.5 Å². The molecule has 1 saturated heterocycles. The van der Waals surface area contributed by atoms with Gasteiger partial charge in [-0.15, -0.1) is 0 Å². The Morgan fingerprint density at radius 2 is 1.80 bits per heavy atom. The van der Waals surface area contributed by atoms with E-state index >= 15 is 0 Å². The van der Waals surface area contributed by atoms with Gasteiger partial charge in [0.25, 0.3) is 0 Å². The standard InChI is InChI=1S/C22H22N6OS/c1-29-18-7-5-16(6-8-18)19-20-21(30-26-19)22(25-15-24-20)28-12-10-27(11-13-28)14-17-4-2-3-9-23-17/h2-9,15H,10-14H2,1H3. The molecular formula is C22H22N6OS. The van der Waals surface area contributed by atoms with E-state index in [0.717, 1.165) is 71.5 Å². The van der Waals surface area contributed by atoms with Crippen LogP contribution >= 0.6 is 11.5 Å². The van der Waals surface area contributed by atoms with E-state index in [0.29, 0.717) is 0 Å². The molecule has 0 bridgehead atoms. The Kier molecular flexibility index (Phi) is 5.25. The number of anilines is 1. The molecule has 5 rings (SSSR count). The van der Waals surface area contributed by atoms with Gasteiger partial charge < -0.3 is 9.64 Å². The van der Waals surface area contributed by atoms with Crippen LogP contribution in [0.4, 0.5) is 5.82 Å². The minimum absolute atomic E-state index is 0.831. The van der Waals surface area contributed by atoms with Crippen LogP contribution in [0.2, 0.25) is 0 Å². The summed E-state index contributed by atoms with van der Waals surface area (Å²) in [7, 11) is 1.67. The highest BCUT2D eigenvalue weighted by Gasteiger charge is 2.22. The molecule has 3 aromatic heterocycles. The number of piperazine rings is 1. The third kappa shape index (κ3) is 3.71. The summed E-state index contributed by atoms with van der Waals surface area (Å²) in [6, 6.07) is 14.0. The lowest BCUT2D eigenvalue weighted by Crippen LogP contribution is -2.46. The summed E-state index contributed by atoms with van der Waals surface area (Å²) in [6.45, 7) is 4.69. The zero-order chi connectivity index (χ0) is 20.3. The number of hydrogen-bond acceptors (Lipinski definition) is 8. The second kappa shape index (κ2) is 8.33. The van der Waals surface area contributed by atoms with E-state index in [4.69, 9.17) is 9.11 Å². The normalized spacial score (nSPS) is 14.9. The third-order valence-electron chi connectivity index (χ3n) is 5.38. The molecule has 0 atom stereocenters. The maximum absolute atomic E-state index is 5.26. The van der Waals surface area contributed by atoms with Gasteiger partial charge in [-0.05, 0) is 47.9 Å². The number of ether oxygens (including phenoxy) is 1. The molecule has 0 saturated carbocycles. The second-order valence-corrected chi connectivity index (χ2v) is 7.99. The number of hydrogen-bond donors (Lipinski definition) is 0. The van der Waals surface area contributed by atoms with Crippen LogP contribution in [0.1, 0.15) is 5.69 Å². The molecule has 0 spiro atoms. The van der Waals surface area contributed by atoms with Gasteiger partial charge in [0.2, 0.25) is 0 Å². The first kappa shape index (κ1) is 18.9. The highest BCUT2D eigenvalue weighted by Crippen LogP contribution is 2.35. The lowest BCUT2D eigenvalue weighted by atomic mass is 10.1. The van der Waals surface area contributed by atoms with E-state index in [2.05, 4.69) is 30.8 Å². The van der Waals surface area contributed by atoms with Crippen molar-refractivity contribution in [1.82, 2.24) is 24.2 Å². The number of pyridine rings is 1. The van der Waals surface area contributed by atoms with Crippen LogP contribution in [-0.2, 0) is 6.54 Å². The molecule has 0 N–H and O–H groups in total. The van der Waals surface area contributed by atoms with Crippen LogP contribution in [-0.4, -0.2) is 57.5 Å². The first-order valence-corrected chi connectivity index (χ1v) is 10.7. The fourth-order valence-electron chi connectivity index (χ4n) is 3.75. The van der Waals surface area contributed by atoms with Crippen molar-refractivity contribution in [2.75, 3.05) is 38.2 Å². The molecule has 1 fully saturated rings. The van der Waals surface area contributed by atoms with Gasteiger partial charge in [-0.3, -0.25) is 9.88 Å². The summed E-state index contributed by atoms with van der Waals surface area (Å²) >= 11 is 1.47. The first-order chi connectivity index (χ1) is 14.8. The number of rotatable bonds is 5. The summed E-state index contributed by atoms with van der Waals surface area (Å²) in [5.41, 5.74) is 3.95. The average Bonchev–Trinajstić information content (AvgIpc) is 3.25. The molecule has 0 aliphatic carbocycles. The summed E-state index contributed by atoms with van der Waals surface area (Å²) in [4.78, 5) is 18.4. The van der Waals surface area contributed by atoms with Crippen molar-refractivity contribution in [1.29, 1.82) is 0 Å². The Bertz CT molecular complexity index is 1120. The Morgan fingerprint density at radius 1 is 0.967 bits per heavy atom. The molecule has 4 heterocycles. The summed E-state index contributed by atoms with van der Waals surface area (Å²) < 4.78 is 11.0. The topological polar surface area (TPSA) is 67.3 Å². The molecule has 4 aromatic rings. The fraction of sp³-hybridized carbons (Fsp3) is 0.273. The lowest BCUT2D eigenvalue weighted by Gasteiger charge is -2.35. The molecule has 0 amide bonds. The second-order valence-electron chi connectivity index (χ2n) is 7.22. The quantitative estimate of drug-likeness (QED) is 0.491. The lowest BCUT2D eigenvalue weighted by molar-refractivity contribution is 0.247. The summed E-state index contributed by atoms with van der Waals surface area (Å²) in [5, 5.41) is 0. The third-order valence-corrected chi connectivity index (χ3v) is 6.22. The van der Waals surface area contributed by atoms with Crippen LogP contribution in [0.5, 0.6) is 5.75 Å². The highest BCUT2D eigenvalue weighted by molar-refractivity contribution is 7.14. The van der Waals surface area contributed by atoms with Crippen molar-refractivity contribution >= 4 is 27.6 Å². The van der Waals surface area contributed by atoms with E-state index in [-0.39, 0.29) is 0 Å². The van der Waals surface area contributed by atoms with Gasteiger partial charge in [0, 0.05) is 44.5 Å². The zero-order valence-electron chi connectivity index (χ0n) is 16.7. The molecule has 1 aromatic carbocycles. The molecule has 30 heavy (non-hydrogen) atoms. The van der Waals surface area contributed by atoms with Crippen LogP contribution in [0.15, 0.2) is 55.0 Å². The number of aromatic nitrogens is 4. The molecule has 152 valence electrons. The van der Waals surface area contributed by atoms with Gasteiger partial charge in [-0.2, -0.15) is 4.37 Å². The molecule has 0 unspecified atom stereocenters. The minimum Gasteiger partial charge on any atom is -0.497 e. The van der Waals surface area contributed by atoms with E-state index in [1.807, 2.05) is 42.6 Å². The molecule has 0 radical (unpaired) electrons. The van der Waals surface area contributed by atoms with Crippen LogP contribution in [0.3, 0.4) is 0 Å². The van der Waals surface area contributed by atoms with Gasteiger partial charge in [0.1, 0.15) is 28.0 Å². The Hall–Kier alpha value is -3.10. The van der Waals surface area contributed by atoms with Gasteiger partial charge in [0.15, 0.2) is 5.82 Å². The van der Waals surface area contributed by atoms with Crippen molar-refractivity contribution in [3.05, 3.63) is 60.7 Å². The smallest absolute Gasteiger partial charge is 0.151 e. The number of benzene rings is 1. The predicted octanol–water partition coefficient (Wildman–Crippen LogP) is 3.48. The number of fused-ring (bicyclic) bond motifs is 1. The Morgan fingerprint density at radius 3 is 2.53 bits per heavy atom. The Balaban J connectivity index is 1.35. The van der Waals surface area contributed by atoms with Crippen LogP contribution < -0.4 is 9.64 Å². The predicted molar refractivity (Wildman–Crippen MR) is 119 cm³/mol. The monoisotopic (exact) mass is 418 g/mol. The van der Waals surface area contributed by atoms with Gasteiger partial charge >= 0.3 is 0 Å². The van der Waals surface area contributed by atoms with E-state index < -0.39 is 0 Å². The molecule has 7 nitrogen and oxygen atoms in total. The summed E-state index contributed by atoms with van der Waals surface area (Å²) in [6.07, 6.45) is 3.51. The van der Waals surface area contributed by atoms with Crippen molar-refractivity contribution in [2.24, 2.45) is 0 Å². The number of nitrogens with zero attached hydrogens (tertiary/aromatic N) is 6. The fourth-order valence-corrected chi connectivity index (χ4v) is 4.63. The van der Waals surface area contributed by atoms with E-state index in [1.54, 1.807) is 13.4 Å². The van der Waals surface area contributed by atoms with Crippen molar-refractivity contribution in [3.63, 3.8) is 0 Å². The van der Waals surface area contributed by atoms with Crippen molar-refractivity contribution < 1.29 is 4.74 Å². The van der Waals surface area contributed by atoms with Crippen LogP contribution in [0.25, 0.3) is 21.5 Å². The summed E-state index contributed by atoms with van der Waals surface area (Å²) in [5.74, 6) is 1.81. The van der Waals surface area contributed by atoms with Gasteiger partial charge in [0.05, 0.1) is 12.8 Å². The van der Waals surface area contributed by atoms with Gasteiger partial charge in [-0.1, -0.05) is 6.07 Å². The largest absolute Gasteiger partial charge is 0.497 e. The highest BCUT2D eigenvalue weighted by atomic mass is 32.1. The van der Waals surface area contributed by atoms with Gasteiger partial charge in [-0.25, -0.2) is 9.97 Å². The average molecular weight is 419 g/mol. The van der Waals surface area contributed by atoms with Crippen molar-refractivity contribution in [3.8, 4) is 17.0 Å². The zero-order valence-corrected chi connectivity index (χ0v) is 17.5. The maximum Gasteiger partial charge on any atom is 0.151 e. The molecule has 1 aliphatic heterocycles. The molecular weight excluding hydrogens is 396 g/mol. The van der Waals surface area contributed by atoms with E-state index in [9.17, 15) is 0 Å². The maximum atomic E-state index is 5.26. The van der Waals surface area contributed by atoms with Crippen molar-refractivity contribution in [2.45, 2.75) is 6.54 Å². The molecule has 1 aliphatic rings. The SMILES string of the molecule is COc1ccc(-c2nsc3c(N4CCN(Cc5ccccn5)CC4)ncnc23)cc1. The first-order valence-electron chi connectivity index (χ1n) is 9.94. The number of methoxy groups -OCH3 is 1.